The lowest BCUT2D eigenvalue weighted by molar-refractivity contribution is -0.122. The molecular formula is C23H29N5O. The number of carbonyl (C=O) groups is 1. The molecule has 1 unspecified atom stereocenters. The molecule has 0 radical (unpaired) electrons. The third-order valence-corrected chi connectivity index (χ3v) is 5.71. The van der Waals surface area contributed by atoms with Crippen LogP contribution in [0, 0.1) is 5.41 Å². The highest BCUT2D eigenvalue weighted by Gasteiger charge is 2.35. The highest BCUT2D eigenvalue weighted by Crippen LogP contribution is 2.41. The van der Waals surface area contributed by atoms with E-state index in [0.717, 1.165) is 36.3 Å². The van der Waals surface area contributed by atoms with Gasteiger partial charge in [-0.25, -0.2) is 9.67 Å². The molecule has 1 N–H and O–H groups in total. The normalized spacial score (nSPS) is 17.7. The van der Waals surface area contributed by atoms with E-state index in [0.29, 0.717) is 13.0 Å². The summed E-state index contributed by atoms with van der Waals surface area (Å²) in [5.41, 5.74) is 3.49. The predicted octanol–water partition coefficient (Wildman–Crippen LogP) is 3.85. The van der Waals surface area contributed by atoms with Crippen LogP contribution >= 0.6 is 0 Å². The number of imidazole rings is 1. The minimum Gasteiger partial charge on any atom is -0.349 e. The fourth-order valence-electron chi connectivity index (χ4n) is 4.31. The molecule has 1 aliphatic rings. The molecule has 6 heteroatoms. The van der Waals surface area contributed by atoms with Crippen molar-refractivity contribution in [2.45, 2.75) is 59.0 Å². The summed E-state index contributed by atoms with van der Waals surface area (Å²) in [7, 11) is 0. The molecule has 0 bridgehead atoms. The van der Waals surface area contributed by atoms with Crippen LogP contribution in [-0.2, 0) is 24.2 Å². The van der Waals surface area contributed by atoms with Crippen molar-refractivity contribution >= 4 is 5.91 Å². The van der Waals surface area contributed by atoms with Crippen molar-refractivity contribution in [2.24, 2.45) is 5.41 Å². The Bertz CT molecular complexity index is 986. The van der Waals surface area contributed by atoms with Gasteiger partial charge in [-0.1, -0.05) is 39.0 Å². The van der Waals surface area contributed by atoms with Crippen molar-refractivity contribution < 1.29 is 4.79 Å². The lowest BCUT2D eigenvalue weighted by atomic mass is 9.74. The highest BCUT2D eigenvalue weighted by atomic mass is 16.1. The van der Waals surface area contributed by atoms with Gasteiger partial charge in [0.2, 0.25) is 5.91 Å². The van der Waals surface area contributed by atoms with E-state index in [2.05, 4.69) is 52.9 Å². The quantitative estimate of drug-likeness (QED) is 0.694. The molecule has 29 heavy (non-hydrogen) atoms. The van der Waals surface area contributed by atoms with E-state index < -0.39 is 0 Å². The summed E-state index contributed by atoms with van der Waals surface area (Å²) >= 11 is 0. The van der Waals surface area contributed by atoms with E-state index in [-0.39, 0.29) is 17.4 Å². The Morgan fingerprint density at radius 2 is 2.07 bits per heavy atom. The number of carbonyl (C=O) groups excluding carboxylic acids is 1. The van der Waals surface area contributed by atoms with Crippen LogP contribution in [-0.4, -0.2) is 25.2 Å². The number of para-hydroxylation sites is 1. The van der Waals surface area contributed by atoms with Crippen LogP contribution in [0.5, 0.6) is 0 Å². The molecular weight excluding hydrogens is 362 g/mol. The van der Waals surface area contributed by atoms with E-state index in [1.54, 1.807) is 6.20 Å². The molecule has 4 rings (SSSR count). The molecule has 2 heterocycles. The summed E-state index contributed by atoms with van der Waals surface area (Å²) in [6, 6.07) is 10.2. The van der Waals surface area contributed by atoms with Gasteiger partial charge in [-0.3, -0.25) is 4.79 Å². The lowest BCUT2D eigenvalue weighted by Gasteiger charge is -2.36. The van der Waals surface area contributed by atoms with E-state index in [1.807, 2.05) is 35.3 Å². The summed E-state index contributed by atoms with van der Waals surface area (Å²) in [6.07, 6.45) is 8.84. The zero-order chi connectivity index (χ0) is 20.4. The summed E-state index contributed by atoms with van der Waals surface area (Å²) < 4.78 is 4.08. The minimum atomic E-state index is -0.00727. The van der Waals surface area contributed by atoms with Crippen LogP contribution in [0.15, 0.2) is 48.9 Å². The number of nitrogens with one attached hydrogen (secondary N) is 1. The van der Waals surface area contributed by atoms with Crippen LogP contribution in [0.25, 0.3) is 5.69 Å². The molecule has 0 spiro atoms. The van der Waals surface area contributed by atoms with Crippen molar-refractivity contribution in [3.05, 3.63) is 66.0 Å². The molecule has 0 saturated carbocycles. The Balaban J connectivity index is 1.51. The van der Waals surface area contributed by atoms with Gasteiger partial charge in [0.25, 0.3) is 0 Å². The molecule has 0 aliphatic heterocycles. The minimum absolute atomic E-state index is 0.00727. The number of aromatic nitrogens is 4. The van der Waals surface area contributed by atoms with Crippen molar-refractivity contribution in [3.63, 3.8) is 0 Å². The number of hydrogen-bond donors (Lipinski definition) is 1. The van der Waals surface area contributed by atoms with Gasteiger partial charge < -0.3 is 9.88 Å². The van der Waals surface area contributed by atoms with Crippen molar-refractivity contribution in [1.82, 2.24) is 24.6 Å². The van der Waals surface area contributed by atoms with Gasteiger partial charge in [-0.2, -0.15) is 5.10 Å². The first-order valence-electron chi connectivity index (χ1n) is 10.4. The van der Waals surface area contributed by atoms with Crippen LogP contribution in [0.1, 0.15) is 56.7 Å². The fraction of sp³-hybridized carbons (Fsp3) is 0.435. The maximum Gasteiger partial charge on any atom is 0.222 e. The maximum atomic E-state index is 12.7. The number of benzene rings is 1. The molecule has 0 fully saturated rings. The van der Waals surface area contributed by atoms with Crippen molar-refractivity contribution in [1.29, 1.82) is 0 Å². The molecule has 6 nitrogen and oxygen atoms in total. The van der Waals surface area contributed by atoms with E-state index in [1.165, 1.54) is 5.69 Å². The molecule has 152 valence electrons. The third-order valence-electron chi connectivity index (χ3n) is 5.71. The topological polar surface area (TPSA) is 64.7 Å². The van der Waals surface area contributed by atoms with Gasteiger partial charge >= 0.3 is 0 Å². The second kappa shape index (κ2) is 7.85. The van der Waals surface area contributed by atoms with Gasteiger partial charge in [0.1, 0.15) is 5.82 Å². The first-order valence-corrected chi connectivity index (χ1v) is 10.4. The zero-order valence-electron chi connectivity index (χ0n) is 17.4. The molecule has 1 aliphatic carbocycles. The summed E-state index contributed by atoms with van der Waals surface area (Å²) in [5, 5.41) is 7.92. The number of nitrogens with zero attached hydrogens (tertiary/aromatic N) is 4. The standard InChI is InChI=1S/C23H29N5O/c1-4-21-24-11-13-27(21)12-10-22(29)26-19-14-23(2,3)15-20-18(19)16-25-28(20)17-8-6-5-7-9-17/h5-9,11,13,16,19H,4,10,12,14-15H2,1-3H3,(H,26,29). The predicted molar refractivity (Wildman–Crippen MR) is 113 cm³/mol. The van der Waals surface area contributed by atoms with Crippen LogP contribution in [0.2, 0.25) is 0 Å². The Hall–Kier alpha value is -2.89. The average Bonchev–Trinajstić information content (AvgIpc) is 3.32. The molecule has 1 aromatic carbocycles. The number of aryl methyl sites for hydroxylation is 2. The van der Waals surface area contributed by atoms with Crippen LogP contribution in [0.4, 0.5) is 0 Å². The van der Waals surface area contributed by atoms with Gasteiger partial charge in [0, 0.05) is 37.3 Å². The molecule has 2 aromatic heterocycles. The van der Waals surface area contributed by atoms with Gasteiger partial charge in [0.05, 0.1) is 23.6 Å². The second-order valence-electron chi connectivity index (χ2n) is 8.60. The molecule has 0 saturated heterocycles. The Morgan fingerprint density at radius 3 is 2.83 bits per heavy atom. The monoisotopic (exact) mass is 391 g/mol. The number of amides is 1. The van der Waals surface area contributed by atoms with Crippen molar-refractivity contribution in [3.8, 4) is 5.69 Å². The van der Waals surface area contributed by atoms with Gasteiger partial charge in [-0.05, 0) is 30.4 Å². The Labute approximate surface area is 172 Å². The fourth-order valence-corrected chi connectivity index (χ4v) is 4.31. The SMILES string of the molecule is CCc1nccn1CCC(=O)NC1CC(C)(C)Cc2c1cnn2-c1ccccc1. The maximum absolute atomic E-state index is 12.7. The Morgan fingerprint density at radius 1 is 1.28 bits per heavy atom. The lowest BCUT2D eigenvalue weighted by Crippen LogP contribution is -2.37. The summed E-state index contributed by atoms with van der Waals surface area (Å²) in [5.74, 6) is 1.09. The first kappa shape index (κ1) is 19.4. The summed E-state index contributed by atoms with van der Waals surface area (Å²) in [6.45, 7) is 7.25. The number of rotatable bonds is 6. The summed E-state index contributed by atoms with van der Waals surface area (Å²) in [4.78, 5) is 17.1. The molecule has 3 aromatic rings. The highest BCUT2D eigenvalue weighted by molar-refractivity contribution is 5.76. The molecule has 1 amide bonds. The second-order valence-corrected chi connectivity index (χ2v) is 8.60. The van der Waals surface area contributed by atoms with E-state index in [9.17, 15) is 4.79 Å². The largest absolute Gasteiger partial charge is 0.349 e. The van der Waals surface area contributed by atoms with E-state index >= 15 is 0 Å². The smallest absolute Gasteiger partial charge is 0.222 e. The van der Waals surface area contributed by atoms with E-state index in [4.69, 9.17) is 0 Å². The average molecular weight is 392 g/mol. The number of hydrogen-bond acceptors (Lipinski definition) is 3. The Kier molecular flexibility index (Phi) is 5.26. The van der Waals surface area contributed by atoms with Crippen LogP contribution < -0.4 is 5.32 Å². The molecule has 1 atom stereocenters. The third kappa shape index (κ3) is 4.11. The van der Waals surface area contributed by atoms with Gasteiger partial charge in [0.15, 0.2) is 0 Å². The zero-order valence-corrected chi connectivity index (χ0v) is 17.4. The van der Waals surface area contributed by atoms with Gasteiger partial charge in [-0.15, -0.1) is 0 Å². The van der Waals surface area contributed by atoms with Crippen molar-refractivity contribution in [2.75, 3.05) is 0 Å². The van der Waals surface area contributed by atoms with Crippen LogP contribution in [0.3, 0.4) is 0 Å². The first-order chi connectivity index (χ1) is 14.0. The number of fused-ring (bicyclic) bond motifs is 1.